The Morgan fingerprint density at radius 3 is 1.73 bits per heavy atom. The number of ether oxygens (including phenoxy) is 2. The Bertz CT molecular complexity index is 2130. The second-order valence-corrected chi connectivity index (χ2v) is 16.7. The summed E-state index contributed by atoms with van der Waals surface area (Å²) in [6, 6.07) is 28.0. The first-order chi connectivity index (χ1) is 29.4. The van der Waals surface area contributed by atoms with E-state index in [9.17, 15) is 5.26 Å². The monoisotopic (exact) mass is 810 g/mol. The van der Waals surface area contributed by atoms with Gasteiger partial charge in [-0.25, -0.2) is 9.98 Å². The highest BCUT2D eigenvalue weighted by Gasteiger charge is 2.21. The van der Waals surface area contributed by atoms with Crippen LogP contribution in [0.1, 0.15) is 102 Å². The van der Waals surface area contributed by atoms with Gasteiger partial charge in [-0.05, 0) is 111 Å². The van der Waals surface area contributed by atoms with Crippen LogP contribution in [0.25, 0.3) is 0 Å². The van der Waals surface area contributed by atoms with Crippen molar-refractivity contribution in [3.8, 4) is 29.2 Å². The van der Waals surface area contributed by atoms with Crippen LogP contribution in [0.3, 0.4) is 0 Å². The summed E-state index contributed by atoms with van der Waals surface area (Å²) >= 11 is 0. The highest BCUT2D eigenvalue weighted by molar-refractivity contribution is 5.84. The molecule has 60 heavy (non-hydrogen) atoms. The van der Waals surface area contributed by atoms with Crippen molar-refractivity contribution in [1.29, 1.82) is 5.26 Å². The molecular weight excluding hydrogens is 747 g/mol. The van der Waals surface area contributed by atoms with Gasteiger partial charge in [0.2, 0.25) is 0 Å². The predicted octanol–water partition coefficient (Wildman–Crippen LogP) is 11.2. The molecular formula is C49H63N9O2. The maximum Gasteiger partial charge on any atom is 0.196 e. The van der Waals surface area contributed by atoms with E-state index < -0.39 is 0 Å². The van der Waals surface area contributed by atoms with Crippen LogP contribution in [-0.4, -0.2) is 47.9 Å². The lowest BCUT2D eigenvalue weighted by molar-refractivity contribution is 0.365. The van der Waals surface area contributed by atoms with Crippen molar-refractivity contribution in [2.24, 2.45) is 33.3 Å². The molecule has 2 saturated carbocycles. The van der Waals surface area contributed by atoms with Gasteiger partial charge < -0.3 is 36.1 Å². The van der Waals surface area contributed by atoms with Crippen LogP contribution in [0.2, 0.25) is 0 Å². The van der Waals surface area contributed by atoms with E-state index in [1.54, 1.807) is 4.90 Å². The van der Waals surface area contributed by atoms with Gasteiger partial charge in [-0.3, -0.25) is 4.90 Å². The smallest absolute Gasteiger partial charge is 0.196 e. The zero-order chi connectivity index (χ0) is 41.7. The first-order valence-electron chi connectivity index (χ1n) is 22.3. The first kappa shape index (κ1) is 42.2. The third kappa shape index (κ3) is 11.4. The Kier molecular flexibility index (Phi) is 14.7. The van der Waals surface area contributed by atoms with Crippen molar-refractivity contribution in [3.63, 3.8) is 0 Å². The lowest BCUT2D eigenvalue weighted by atomic mass is 9.89. The molecule has 0 amide bonds. The molecule has 2 aliphatic carbocycles. The van der Waals surface area contributed by atoms with Gasteiger partial charge in [0.05, 0.1) is 17.1 Å². The number of rotatable bonds is 14. The second kappa shape index (κ2) is 20.9. The third-order valence-corrected chi connectivity index (χ3v) is 12.0. The predicted molar refractivity (Wildman–Crippen MR) is 244 cm³/mol. The molecule has 2 fully saturated rings. The summed E-state index contributed by atoms with van der Waals surface area (Å²) in [5.41, 5.74) is 18.3. The Hall–Kier alpha value is -5.89. The van der Waals surface area contributed by atoms with Gasteiger partial charge in [0, 0.05) is 68.2 Å². The van der Waals surface area contributed by atoms with Gasteiger partial charge in [-0.2, -0.15) is 5.26 Å². The second-order valence-electron chi connectivity index (χ2n) is 16.7. The molecule has 0 bridgehead atoms. The molecule has 0 spiro atoms. The summed E-state index contributed by atoms with van der Waals surface area (Å²) in [4.78, 5) is 15.1. The summed E-state index contributed by atoms with van der Waals surface area (Å²) in [6.45, 7) is 9.42. The van der Waals surface area contributed by atoms with Crippen molar-refractivity contribution in [1.82, 2.24) is 9.80 Å². The number of fused-ring (bicyclic) bond motifs is 2. The SMILES string of the molecule is CCCN1Cc2cc(Oc3cccc(N(C#N)CC4CCCCC4)c3)ccc2N=C1N.CCCN1Cc2cc(Oc3cccc(NCC4CCCCC4)c3)ccc2N=C1N. The summed E-state index contributed by atoms with van der Waals surface area (Å²) in [5.74, 6) is 5.74. The lowest BCUT2D eigenvalue weighted by Gasteiger charge is -2.28. The summed E-state index contributed by atoms with van der Waals surface area (Å²) in [7, 11) is 0. The zero-order valence-electron chi connectivity index (χ0n) is 35.6. The quantitative estimate of drug-likeness (QED) is 0.0838. The van der Waals surface area contributed by atoms with Crippen molar-refractivity contribution < 1.29 is 9.47 Å². The number of nitriles is 1. The zero-order valence-corrected chi connectivity index (χ0v) is 35.6. The maximum absolute atomic E-state index is 9.72. The molecule has 2 heterocycles. The van der Waals surface area contributed by atoms with Gasteiger partial charge in [0.1, 0.15) is 23.0 Å². The van der Waals surface area contributed by atoms with Crippen LogP contribution >= 0.6 is 0 Å². The number of hydrogen-bond acceptors (Lipinski definition) is 11. The fraction of sp³-hybridized carbons (Fsp3) is 0.449. The normalized spacial score (nSPS) is 16.6. The minimum Gasteiger partial charge on any atom is -0.457 e. The van der Waals surface area contributed by atoms with Gasteiger partial charge in [0.25, 0.3) is 0 Å². The van der Waals surface area contributed by atoms with E-state index in [0.29, 0.717) is 17.8 Å². The molecule has 5 N–H and O–H groups in total. The molecule has 0 atom stereocenters. The number of guanidine groups is 2. The van der Waals surface area contributed by atoms with E-state index in [-0.39, 0.29) is 0 Å². The minimum atomic E-state index is 0.574. The Labute approximate surface area is 357 Å². The fourth-order valence-corrected chi connectivity index (χ4v) is 8.75. The molecule has 0 aromatic heterocycles. The maximum atomic E-state index is 9.72. The van der Waals surface area contributed by atoms with E-state index in [1.807, 2.05) is 66.7 Å². The van der Waals surface area contributed by atoms with E-state index >= 15 is 0 Å². The van der Waals surface area contributed by atoms with Crippen molar-refractivity contribution in [2.45, 2.75) is 104 Å². The number of hydrogen-bond donors (Lipinski definition) is 3. The molecule has 4 aromatic carbocycles. The largest absolute Gasteiger partial charge is 0.457 e. The average molecular weight is 810 g/mol. The molecule has 0 radical (unpaired) electrons. The van der Waals surface area contributed by atoms with Crippen LogP contribution in [0.4, 0.5) is 22.7 Å². The van der Waals surface area contributed by atoms with Crippen molar-refractivity contribution in [2.75, 3.05) is 36.4 Å². The summed E-state index contributed by atoms with van der Waals surface area (Å²) in [6.07, 6.45) is 17.6. The number of benzene rings is 4. The standard InChI is InChI=1S/C25H31N5O.C24H32N4O/c1-2-13-29-17-20-14-23(11-12-24(20)28-25(29)27)31-22-10-6-9-21(15-22)30(18-26)16-19-7-4-3-5-8-19;1-2-13-28-17-19-14-22(11-12-23(19)27-24(28)25)29-21-10-6-9-20(15-21)26-16-18-7-4-3-5-8-18/h6,9-12,14-15,19H,2-5,7-8,13,16-17H2,1H3,(H2,27,28);6,9-12,14-15,18,26H,2-5,7-8,13,16-17H2,1H3,(H2,25,27). The Morgan fingerprint density at radius 1 is 0.667 bits per heavy atom. The van der Waals surface area contributed by atoms with Gasteiger partial charge >= 0.3 is 0 Å². The number of nitrogens with zero attached hydrogens (tertiary/aromatic N) is 6. The topological polar surface area (TPSA) is 141 Å². The van der Waals surface area contributed by atoms with Crippen molar-refractivity contribution in [3.05, 3.63) is 96.1 Å². The van der Waals surface area contributed by atoms with E-state index in [4.69, 9.17) is 20.9 Å². The van der Waals surface area contributed by atoms with E-state index in [1.165, 1.54) is 64.2 Å². The number of aliphatic imine (C=N–C) groups is 2. The Balaban J connectivity index is 0.000000182. The molecule has 2 aliphatic heterocycles. The molecule has 4 aliphatic rings. The lowest BCUT2D eigenvalue weighted by Crippen LogP contribution is -2.39. The Morgan fingerprint density at radius 2 is 1.18 bits per heavy atom. The molecule has 11 nitrogen and oxygen atoms in total. The molecule has 8 rings (SSSR count). The molecule has 316 valence electrons. The molecule has 4 aromatic rings. The van der Waals surface area contributed by atoms with Gasteiger partial charge in [-0.15, -0.1) is 0 Å². The third-order valence-electron chi connectivity index (χ3n) is 12.0. The molecule has 0 saturated heterocycles. The van der Waals surface area contributed by atoms with Crippen LogP contribution in [0.15, 0.2) is 94.9 Å². The first-order valence-corrected chi connectivity index (χ1v) is 22.3. The number of anilines is 2. The van der Waals surface area contributed by atoms with E-state index in [0.717, 1.165) is 115 Å². The van der Waals surface area contributed by atoms with Crippen LogP contribution in [0, 0.1) is 23.3 Å². The van der Waals surface area contributed by atoms with Gasteiger partial charge in [-0.1, -0.05) is 64.5 Å². The van der Waals surface area contributed by atoms with E-state index in [2.05, 4.69) is 63.3 Å². The van der Waals surface area contributed by atoms with Gasteiger partial charge in [0.15, 0.2) is 18.1 Å². The molecule has 11 heteroatoms. The summed E-state index contributed by atoms with van der Waals surface area (Å²) in [5, 5.41) is 13.3. The van der Waals surface area contributed by atoms with Crippen LogP contribution in [-0.2, 0) is 13.1 Å². The van der Waals surface area contributed by atoms with Crippen LogP contribution < -0.4 is 31.2 Å². The molecule has 0 unspecified atom stereocenters. The highest BCUT2D eigenvalue weighted by atomic mass is 16.5. The average Bonchev–Trinajstić information content (AvgIpc) is 3.27. The number of nitrogens with two attached hydrogens (primary N) is 2. The summed E-state index contributed by atoms with van der Waals surface area (Å²) < 4.78 is 12.3. The fourth-order valence-electron chi connectivity index (χ4n) is 8.75. The van der Waals surface area contributed by atoms with Crippen LogP contribution in [0.5, 0.6) is 23.0 Å². The number of nitrogens with one attached hydrogen (secondary N) is 1. The highest BCUT2D eigenvalue weighted by Crippen LogP contribution is 2.35. The van der Waals surface area contributed by atoms with Crippen molar-refractivity contribution >= 4 is 34.7 Å². The minimum absolute atomic E-state index is 0.574.